The zero-order valence-corrected chi connectivity index (χ0v) is 16.5. The highest BCUT2D eigenvalue weighted by molar-refractivity contribution is 7.86. The van der Waals surface area contributed by atoms with Gasteiger partial charge in [-0.2, -0.15) is 8.42 Å². The van der Waals surface area contributed by atoms with Gasteiger partial charge in [0.05, 0.1) is 18.3 Å². The van der Waals surface area contributed by atoms with Crippen LogP contribution in [0.5, 0.6) is 5.88 Å². The van der Waals surface area contributed by atoms with Crippen LogP contribution in [0.2, 0.25) is 5.02 Å². The first kappa shape index (κ1) is 19.1. The highest BCUT2D eigenvalue weighted by Crippen LogP contribution is 2.23. The molecule has 0 bridgehead atoms. The highest BCUT2D eigenvalue weighted by Gasteiger charge is 2.20. The molecule has 148 valence electrons. The van der Waals surface area contributed by atoms with Gasteiger partial charge in [0.2, 0.25) is 5.43 Å². The Kier molecular flexibility index (Phi) is 4.59. The number of hydrogen-bond donors (Lipinski definition) is 1. The van der Waals surface area contributed by atoms with Gasteiger partial charge >= 0.3 is 10.1 Å². The fourth-order valence-electron chi connectivity index (χ4n) is 2.93. The first-order chi connectivity index (χ1) is 13.7. The fourth-order valence-corrected chi connectivity index (χ4v) is 3.51. The average Bonchev–Trinajstić information content (AvgIpc) is 2.65. The third-order valence-electron chi connectivity index (χ3n) is 4.15. The number of H-pyrrole nitrogens is 1. The quantitative estimate of drug-likeness (QED) is 0.384. The van der Waals surface area contributed by atoms with Crippen LogP contribution in [-0.4, -0.2) is 34.4 Å². The van der Waals surface area contributed by atoms with Gasteiger partial charge in [0.1, 0.15) is 10.9 Å². The minimum atomic E-state index is -3.98. The highest BCUT2D eigenvalue weighted by atomic mass is 35.5. The molecule has 9 nitrogen and oxygen atoms in total. The van der Waals surface area contributed by atoms with E-state index in [1.54, 1.807) is 24.5 Å². The van der Waals surface area contributed by atoms with Crippen LogP contribution in [0.3, 0.4) is 0 Å². The van der Waals surface area contributed by atoms with Gasteiger partial charge in [0.25, 0.3) is 11.4 Å². The second-order valence-corrected chi connectivity index (χ2v) is 8.32. The van der Waals surface area contributed by atoms with E-state index in [1.165, 1.54) is 18.2 Å². The predicted octanol–water partition coefficient (Wildman–Crippen LogP) is 1.67. The van der Waals surface area contributed by atoms with Crippen LogP contribution in [0.15, 0.2) is 52.3 Å². The van der Waals surface area contributed by atoms with E-state index in [9.17, 15) is 18.0 Å². The van der Waals surface area contributed by atoms with Crippen LogP contribution in [0.1, 0.15) is 5.56 Å². The van der Waals surface area contributed by atoms with Crippen molar-refractivity contribution in [2.24, 2.45) is 0 Å². The summed E-state index contributed by atoms with van der Waals surface area (Å²) in [7, 11) is -3.98. The molecule has 1 N–H and O–H groups in total. The van der Waals surface area contributed by atoms with E-state index in [1.807, 2.05) is 0 Å². The van der Waals surface area contributed by atoms with E-state index in [-0.39, 0.29) is 22.8 Å². The van der Waals surface area contributed by atoms with Gasteiger partial charge in [-0.15, -0.1) is 5.10 Å². The Morgan fingerprint density at radius 3 is 2.59 bits per heavy atom. The lowest BCUT2D eigenvalue weighted by Crippen LogP contribution is -2.29. The number of aromatic nitrogens is 4. The fraction of sp³-hybridized carbons (Fsp3) is 0.111. The number of nitrogens with one attached hydrogen (secondary N) is 1. The second kappa shape index (κ2) is 6.98. The summed E-state index contributed by atoms with van der Waals surface area (Å²) in [6.07, 6.45) is 3.92. The Balaban J connectivity index is 2.08. The van der Waals surface area contributed by atoms with Gasteiger partial charge in [0.15, 0.2) is 0 Å². The average molecular weight is 433 g/mol. The standard InChI is InChI=1S/C18H13ClN4O5S/c1-29(26,27)28-17-15-14(16(24)12-3-2-11(19)8-13(12)21-15)18(25)23(22-17)9-10-4-6-20-7-5-10/h2-8H,9H2,1H3,(H,21,24). The lowest BCUT2D eigenvalue weighted by Gasteiger charge is -2.11. The van der Waals surface area contributed by atoms with Crippen molar-refractivity contribution in [1.82, 2.24) is 19.7 Å². The van der Waals surface area contributed by atoms with Crippen molar-refractivity contribution < 1.29 is 12.6 Å². The molecule has 0 saturated heterocycles. The number of hydrogen-bond acceptors (Lipinski definition) is 7. The zero-order chi connectivity index (χ0) is 20.8. The first-order valence-electron chi connectivity index (χ1n) is 8.28. The molecule has 0 unspecified atom stereocenters. The molecule has 0 spiro atoms. The minimum Gasteiger partial charge on any atom is -0.358 e. The van der Waals surface area contributed by atoms with Crippen LogP contribution < -0.4 is 15.2 Å². The maximum Gasteiger partial charge on any atom is 0.307 e. The molecule has 0 aliphatic heterocycles. The molecule has 29 heavy (non-hydrogen) atoms. The van der Waals surface area contributed by atoms with Crippen LogP contribution in [0.25, 0.3) is 21.8 Å². The van der Waals surface area contributed by atoms with Crippen molar-refractivity contribution in [3.05, 3.63) is 73.9 Å². The van der Waals surface area contributed by atoms with Crippen LogP contribution in [0.4, 0.5) is 0 Å². The Morgan fingerprint density at radius 2 is 1.90 bits per heavy atom. The van der Waals surface area contributed by atoms with Crippen LogP contribution in [-0.2, 0) is 16.7 Å². The van der Waals surface area contributed by atoms with Gasteiger partial charge in [-0.05, 0) is 35.9 Å². The third-order valence-corrected chi connectivity index (χ3v) is 4.84. The van der Waals surface area contributed by atoms with Crippen LogP contribution >= 0.6 is 11.6 Å². The van der Waals surface area contributed by atoms with Gasteiger partial charge < -0.3 is 9.17 Å². The Morgan fingerprint density at radius 1 is 1.17 bits per heavy atom. The van der Waals surface area contributed by atoms with Crippen molar-refractivity contribution in [3.8, 4) is 5.88 Å². The van der Waals surface area contributed by atoms with Crippen molar-refractivity contribution in [3.63, 3.8) is 0 Å². The number of pyridine rings is 2. The van der Waals surface area contributed by atoms with Crippen LogP contribution in [0, 0.1) is 0 Å². The van der Waals surface area contributed by atoms with E-state index in [0.717, 1.165) is 10.9 Å². The molecule has 4 aromatic rings. The minimum absolute atomic E-state index is 0.00445. The van der Waals surface area contributed by atoms with Crippen molar-refractivity contribution in [2.45, 2.75) is 6.54 Å². The molecule has 3 heterocycles. The molecule has 0 radical (unpaired) electrons. The Bertz CT molecular complexity index is 1480. The molecule has 0 fully saturated rings. The first-order valence-corrected chi connectivity index (χ1v) is 10.5. The molecule has 3 aromatic heterocycles. The summed E-state index contributed by atoms with van der Waals surface area (Å²) in [4.78, 5) is 32.8. The molecule has 0 saturated carbocycles. The summed E-state index contributed by atoms with van der Waals surface area (Å²) >= 11 is 5.98. The predicted molar refractivity (Wildman–Crippen MR) is 108 cm³/mol. The van der Waals surface area contributed by atoms with Crippen molar-refractivity contribution >= 4 is 43.5 Å². The maximum absolute atomic E-state index is 13.0. The lowest BCUT2D eigenvalue weighted by molar-refractivity contribution is 0.467. The van der Waals surface area contributed by atoms with Gasteiger partial charge in [0, 0.05) is 22.8 Å². The van der Waals surface area contributed by atoms with E-state index < -0.39 is 27.0 Å². The summed E-state index contributed by atoms with van der Waals surface area (Å²) in [5, 5.41) is 4.36. The monoisotopic (exact) mass is 432 g/mol. The van der Waals surface area contributed by atoms with E-state index in [0.29, 0.717) is 16.1 Å². The van der Waals surface area contributed by atoms with E-state index >= 15 is 0 Å². The molecule has 0 atom stereocenters. The van der Waals surface area contributed by atoms with Crippen molar-refractivity contribution in [1.29, 1.82) is 0 Å². The summed E-state index contributed by atoms with van der Waals surface area (Å²) < 4.78 is 29.4. The van der Waals surface area contributed by atoms with E-state index in [2.05, 4.69) is 15.1 Å². The van der Waals surface area contributed by atoms with E-state index in [4.69, 9.17) is 15.8 Å². The summed E-state index contributed by atoms with van der Waals surface area (Å²) in [5.74, 6) is -0.407. The summed E-state index contributed by atoms with van der Waals surface area (Å²) in [6, 6.07) is 7.84. The Hall–Kier alpha value is -3.24. The van der Waals surface area contributed by atoms with Gasteiger partial charge in [-0.25, -0.2) is 4.68 Å². The molecule has 0 aliphatic rings. The molecule has 0 amide bonds. The Labute approximate surface area is 168 Å². The van der Waals surface area contributed by atoms with Gasteiger partial charge in [-0.3, -0.25) is 14.6 Å². The normalized spacial score (nSPS) is 11.8. The van der Waals surface area contributed by atoms with Gasteiger partial charge in [-0.1, -0.05) is 11.6 Å². The number of fused-ring (bicyclic) bond motifs is 2. The molecular formula is C18H13ClN4O5S. The number of halogens is 1. The summed E-state index contributed by atoms with van der Waals surface area (Å²) in [6.45, 7) is -0.00445. The second-order valence-electron chi connectivity index (χ2n) is 6.30. The number of nitrogens with zero attached hydrogens (tertiary/aromatic N) is 3. The maximum atomic E-state index is 13.0. The topological polar surface area (TPSA) is 124 Å². The largest absolute Gasteiger partial charge is 0.358 e. The summed E-state index contributed by atoms with van der Waals surface area (Å²) in [5.41, 5.74) is -0.383. The molecule has 11 heteroatoms. The molecule has 0 aliphatic carbocycles. The zero-order valence-electron chi connectivity index (χ0n) is 14.9. The number of aromatic amines is 1. The molecular weight excluding hydrogens is 420 g/mol. The smallest absolute Gasteiger partial charge is 0.307 e. The number of benzene rings is 1. The molecule has 1 aromatic carbocycles. The lowest BCUT2D eigenvalue weighted by atomic mass is 10.1. The van der Waals surface area contributed by atoms with Crippen molar-refractivity contribution in [2.75, 3.05) is 6.26 Å². The number of rotatable bonds is 4. The third kappa shape index (κ3) is 3.71. The SMILES string of the molecule is CS(=O)(=O)Oc1nn(Cc2ccncc2)c(=O)c2c(=O)c3ccc(Cl)cc3[nH]c12. The molecule has 4 rings (SSSR count).